The highest BCUT2D eigenvalue weighted by Gasteiger charge is 2.19. The smallest absolute Gasteiger partial charge is 0.319 e. The third-order valence-corrected chi connectivity index (χ3v) is 4.40. The third kappa shape index (κ3) is 4.46. The molecule has 4 heteroatoms. The summed E-state index contributed by atoms with van der Waals surface area (Å²) in [5, 5.41) is 5.98. The number of carbonyl (C=O) groups is 1. The van der Waals surface area contributed by atoms with Crippen LogP contribution in [0, 0.1) is 5.92 Å². The molecule has 1 saturated carbocycles. The molecule has 0 aromatic heterocycles. The summed E-state index contributed by atoms with van der Waals surface area (Å²) in [4.78, 5) is 13.1. The summed E-state index contributed by atoms with van der Waals surface area (Å²) in [6.07, 6.45) is 6.65. The quantitative estimate of drug-likeness (QED) is 0.817. The molecule has 2 N–H and O–H groups in total. The molecule has 0 aliphatic heterocycles. The van der Waals surface area contributed by atoms with Gasteiger partial charge in [0.2, 0.25) is 0 Å². The van der Waals surface area contributed by atoms with E-state index in [1.54, 1.807) is 11.8 Å². The van der Waals surface area contributed by atoms with Gasteiger partial charge < -0.3 is 10.6 Å². The molecule has 0 spiro atoms. The summed E-state index contributed by atoms with van der Waals surface area (Å²) >= 11 is 1.67. The zero-order chi connectivity index (χ0) is 13.7. The van der Waals surface area contributed by atoms with Gasteiger partial charge in [-0.05, 0) is 56.1 Å². The number of hydrogen-bond donors (Lipinski definition) is 2. The Hall–Kier alpha value is -1.16. The number of thioether (sulfide) groups is 1. The summed E-state index contributed by atoms with van der Waals surface area (Å²) in [5.74, 6) is 0.805. The SMILES string of the molecule is CSc1cccc(NC(=O)NC2CCC(C)CC2)c1. The molecular weight excluding hydrogens is 256 g/mol. The Kier molecular flexibility index (Phi) is 5.14. The number of amides is 2. The Morgan fingerprint density at radius 3 is 2.68 bits per heavy atom. The average molecular weight is 278 g/mol. The fourth-order valence-corrected chi connectivity index (χ4v) is 2.92. The maximum atomic E-state index is 11.9. The minimum absolute atomic E-state index is 0.0854. The van der Waals surface area contributed by atoms with E-state index in [-0.39, 0.29) is 6.03 Å². The first-order chi connectivity index (χ1) is 9.17. The fourth-order valence-electron chi connectivity index (χ4n) is 2.46. The Labute approximate surface area is 119 Å². The molecular formula is C15H22N2OS. The minimum Gasteiger partial charge on any atom is -0.335 e. The summed E-state index contributed by atoms with van der Waals surface area (Å²) in [6, 6.07) is 8.16. The van der Waals surface area contributed by atoms with Crippen LogP contribution in [0.3, 0.4) is 0 Å². The van der Waals surface area contributed by atoms with E-state index >= 15 is 0 Å². The number of carbonyl (C=O) groups excluding carboxylic acids is 1. The number of urea groups is 1. The molecule has 0 heterocycles. The molecule has 3 nitrogen and oxygen atoms in total. The topological polar surface area (TPSA) is 41.1 Å². The molecule has 104 valence electrons. The van der Waals surface area contributed by atoms with Crippen molar-refractivity contribution in [2.45, 2.75) is 43.5 Å². The molecule has 1 aromatic rings. The second-order valence-corrected chi connectivity index (χ2v) is 6.17. The largest absolute Gasteiger partial charge is 0.335 e. The molecule has 1 aliphatic rings. The molecule has 1 aliphatic carbocycles. The van der Waals surface area contributed by atoms with Crippen LogP contribution in [0.25, 0.3) is 0 Å². The van der Waals surface area contributed by atoms with Crippen molar-refractivity contribution in [3.8, 4) is 0 Å². The van der Waals surface area contributed by atoms with Crippen LogP contribution in [0.5, 0.6) is 0 Å². The predicted molar refractivity (Wildman–Crippen MR) is 81.8 cm³/mol. The number of nitrogens with one attached hydrogen (secondary N) is 2. The standard InChI is InChI=1S/C15H22N2OS/c1-11-6-8-12(9-7-11)16-15(18)17-13-4-3-5-14(10-13)19-2/h3-5,10-12H,6-9H2,1-2H3,(H2,16,17,18). The minimum atomic E-state index is -0.0854. The van der Waals surface area contributed by atoms with Crippen LogP contribution in [0.15, 0.2) is 29.2 Å². The van der Waals surface area contributed by atoms with Crippen LogP contribution in [0.4, 0.5) is 10.5 Å². The first-order valence-corrected chi connectivity index (χ1v) is 8.11. The van der Waals surface area contributed by atoms with Crippen molar-refractivity contribution in [2.75, 3.05) is 11.6 Å². The van der Waals surface area contributed by atoms with Gasteiger partial charge >= 0.3 is 6.03 Å². The first-order valence-electron chi connectivity index (χ1n) is 6.89. The molecule has 0 atom stereocenters. The van der Waals surface area contributed by atoms with E-state index in [1.807, 2.05) is 30.5 Å². The van der Waals surface area contributed by atoms with Gasteiger partial charge in [-0.25, -0.2) is 4.79 Å². The third-order valence-electron chi connectivity index (χ3n) is 3.68. The van der Waals surface area contributed by atoms with Gasteiger partial charge in [-0.15, -0.1) is 11.8 Å². The molecule has 2 rings (SSSR count). The molecule has 1 aromatic carbocycles. The van der Waals surface area contributed by atoms with E-state index in [4.69, 9.17) is 0 Å². The Morgan fingerprint density at radius 1 is 1.26 bits per heavy atom. The second-order valence-electron chi connectivity index (χ2n) is 5.29. The highest BCUT2D eigenvalue weighted by molar-refractivity contribution is 7.98. The van der Waals surface area contributed by atoms with Crippen LogP contribution in [-0.2, 0) is 0 Å². The number of hydrogen-bond acceptors (Lipinski definition) is 2. The zero-order valence-electron chi connectivity index (χ0n) is 11.6. The van der Waals surface area contributed by atoms with Crippen LogP contribution >= 0.6 is 11.8 Å². The predicted octanol–water partition coefficient (Wildman–Crippen LogP) is 4.11. The van der Waals surface area contributed by atoms with E-state index in [0.717, 1.165) is 29.3 Å². The lowest BCUT2D eigenvalue weighted by atomic mass is 9.87. The van der Waals surface area contributed by atoms with Crippen molar-refractivity contribution in [1.29, 1.82) is 0 Å². The van der Waals surface area contributed by atoms with E-state index in [1.165, 1.54) is 12.8 Å². The van der Waals surface area contributed by atoms with Crippen molar-refractivity contribution < 1.29 is 4.79 Å². The van der Waals surface area contributed by atoms with Crippen molar-refractivity contribution in [3.63, 3.8) is 0 Å². The van der Waals surface area contributed by atoms with Gasteiger partial charge in [0.15, 0.2) is 0 Å². The molecule has 19 heavy (non-hydrogen) atoms. The first kappa shape index (κ1) is 14.3. The Bertz CT molecular complexity index is 428. The lowest BCUT2D eigenvalue weighted by molar-refractivity contribution is 0.239. The zero-order valence-corrected chi connectivity index (χ0v) is 12.4. The molecule has 0 unspecified atom stereocenters. The van der Waals surface area contributed by atoms with Gasteiger partial charge in [0.25, 0.3) is 0 Å². The van der Waals surface area contributed by atoms with Crippen LogP contribution < -0.4 is 10.6 Å². The normalized spacial score (nSPS) is 22.8. The van der Waals surface area contributed by atoms with Crippen LogP contribution in [0.1, 0.15) is 32.6 Å². The number of anilines is 1. The van der Waals surface area contributed by atoms with Gasteiger partial charge in [-0.2, -0.15) is 0 Å². The van der Waals surface area contributed by atoms with Gasteiger partial charge in [-0.1, -0.05) is 13.0 Å². The summed E-state index contributed by atoms with van der Waals surface area (Å²) < 4.78 is 0. The Morgan fingerprint density at radius 2 is 2.00 bits per heavy atom. The van der Waals surface area contributed by atoms with E-state index in [9.17, 15) is 4.79 Å². The van der Waals surface area contributed by atoms with E-state index in [0.29, 0.717) is 6.04 Å². The molecule has 1 fully saturated rings. The molecule has 0 saturated heterocycles. The maximum absolute atomic E-state index is 11.9. The summed E-state index contributed by atoms with van der Waals surface area (Å²) in [6.45, 7) is 2.28. The van der Waals surface area contributed by atoms with Gasteiger partial charge in [0.1, 0.15) is 0 Å². The van der Waals surface area contributed by atoms with Crippen LogP contribution in [-0.4, -0.2) is 18.3 Å². The van der Waals surface area contributed by atoms with Crippen molar-refractivity contribution in [1.82, 2.24) is 5.32 Å². The summed E-state index contributed by atoms with van der Waals surface area (Å²) in [5.41, 5.74) is 0.855. The van der Waals surface area contributed by atoms with Gasteiger partial charge in [-0.3, -0.25) is 0 Å². The van der Waals surface area contributed by atoms with Crippen molar-refractivity contribution in [2.24, 2.45) is 5.92 Å². The highest BCUT2D eigenvalue weighted by Crippen LogP contribution is 2.23. The second kappa shape index (κ2) is 6.85. The molecule has 0 radical (unpaired) electrons. The highest BCUT2D eigenvalue weighted by atomic mass is 32.2. The van der Waals surface area contributed by atoms with E-state index in [2.05, 4.69) is 17.6 Å². The lowest BCUT2D eigenvalue weighted by Crippen LogP contribution is -2.39. The monoisotopic (exact) mass is 278 g/mol. The summed E-state index contributed by atoms with van der Waals surface area (Å²) in [7, 11) is 0. The van der Waals surface area contributed by atoms with Gasteiger partial charge in [0.05, 0.1) is 0 Å². The fraction of sp³-hybridized carbons (Fsp3) is 0.533. The molecule has 2 amide bonds. The maximum Gasteiger partial charge on any atom is 0.319 e. The van der Waals surface area contributed by atoms with Crippen molar-refractivity contribution in [3.05, 3.63) is 24.3 Å². The van der Waals surface area contributed by atoms with Crippen molar-refractivity contribution >= 4 is 23.5 Å². The molecule has 0 bridgehead atoms. The Balaban J connectivity index is 1.83. The number of benzene rings is 1. The van der Waals surface area contributed by atoms with Gasteiger partial charge in [0, 0.05) is 16.6 Å². The van der Waals surface area contributed by atoms with E-state index < -0.39 is 0 Å². The van der Waals surface area contributed by atoms with Crippen LogP contribution in [0.2, 0.25) is 0 Å². The average Bonchev–Trinajstić information content (AvgIpc) is 2.41. The lowest BCUT2D eigenvalue weighted by Gasteiger charge is -2.26. The number of rotatable bonds is 3.